The summed E-state index contributed by atoms with van der Waals surface area (Å²) in [5.74, 6) is 0.138. The molecule has 4 aromatic rings. The first kappa shape index (κ1) is 23.1. The number of amides is 2. The second-order valence-electron chi connectivity index (χ2n) is 9.56. The number of alkyl halides is 1. The van der Waals surface area contributed by atoms with Gasteiger partial charge in [-0.25, -0.2) is 8.91 Å². The maximum absolute atomic E-state index is 13.4. The fourth-order valence-electron chi connectivity index (χ4n) is 4.63. The maximum Gasteiger partial charge on any atom is 0.259 e. The van der Waals surface area contributed by atoms with E-state index in [2.05, 4.69) is 25.5 Å². The molecule has 6 rings (SSSR count). The average molecular weight is 504 g/mol. The van der Waals surface area contributed by atoms with Gasteiger partial charge in [-0.3, -0.25) is 9.59 Å². The molecular weight excluding hydrogens is 477 g/mol. The van der Waals surface area contributed by atoms with Crippen molar-refractivity contribution >= 4 is 28.7 Å². The van der Waals surface area contributed by atoms with E-state index in [4.69, 9.17) is 4.52 Å². The number of carbonyl (C=O) groups is 2. The van der Waals surface area contributed by atoms with E-state index in [-0.39, 0.29) is 17.7 Å². The van der Waals surface area contributed by atoms with Crippen LogP contribution in [-0.2, 0) is 4.79 Å². The van der Waals surface area contributed by atoms with E-state index in [1.807, 2.05) is 42.3 Å². The van der Waals surface area contributed by atoms with E-state index < -0.39 is 6.17 Å². The third kappa shape index (κ3) is 4.41. The van der Waals surface area contributed by atoms with Crippen molar-refractivity contribution in [3.05, 3.63) is 59.7 Å². The van der Waals surface area contributed by atoms with Crippen molar-refractivity contribution in [3.8, 4) is 11.4 Å². The van der Waals surface area contributed by atoms with Crippen LogP contribution in [0.4, 0.5) is 15.8 Å². The molecule has 37 heavy (non-hydrogen) atoms. The Morgan fingerprint density at radius 2 is 1.92 bits per heavy atom. The van der Waals surface area contributed by atoms with E-state index in [0.29, 0.717) is 53.6 Å². The summed E-state index contributed by atoms with van der Waals surface area (Å²) in [5.41, 5.74) is 4.25. The second kappa shape index (κ2) is 8.99. The Labute approximate surface area is 212 Å². The molecule has 11 heteroatoms. The number of nitrogens with zero attached hydrogens (tertiary/aromatic N) is 6. The second-order valence-corrected chi connectivity index (χ2v) is 9.56. The molecule has 1 saturated carbocycles. The molecule has 2 fully saturated rings. The topological polar surface area (TPSA) is 109 Å². The zero-order chi connectivity index (χ0) is 25.7. The zero-order valence-electron chi connectivity index (χ0n) is 20.5. The fraction of sp³-hybridized carbons (Fsp3) is 0.346. The number of aryl methyl sites for hydroxylation is 1. The molecule has 2 aliphatic rings. The number of halogens is 1. The van der Waals surface area contributed by atoms with Crippen LogP contribution in [0.5, 0.6) is 0 Å². The number of pyridine rings is 1. The monoisotopic (exact) mass is 503 g/mol. The highest BCUT2D eigenvalue weighted by Gasteiger charge is 2.43. The van der Waals surface area contributed by atoms with Crippen LogP contribution in [0.2, 0.25) is 0 Å². The van der Waals surface area contributed by atoms with Crippen molar-refractivity contribution in [2.45, 2.75) is 32.4 Å². The summed E-state index contributed by atoms with van der Waals surface area (Å²) in [4.78, 5) is 33.3. The highest BCUT2D eigenvalue weighted by atomic mass is 19.1. The Balaban J connectivity index is 1.22. The molecule has 1 saturated heterocycles. The Kier molecular flexibility index (Phi) is 5.62. The van der Waals surface area contributed by atoms with Gasteiger partial charge in [0.05, 0.1) is 23.2 Å². The van der Waals surface area contributed by atoms with Crippen molar-refractivity contribution in [2.24, 2.45) is 0 Å². The van der Waals surface area contributed by atoms with Crippen molar-refractivity contribution in [2.75, 3.05) is 36.4 Å². The van der Waals surface area contributed by atoms with E-state index in [1.165, 1.54) is 0 Å². The number of benzene rings is 1. The molecule has 0 spiro atoms. The lowest BCUT2D eigenvalue weighted by atomic mass is 10.1. The molecule has 0 bridgehead atoms. The highest BCUT2D eigenvalue weighted by molar-refractivity contribution is 6.09. The first-order valence-electron chi connectivity index (χ1n) is 12.3. The lowest BCUT2D eigenvalue weighted by Gasteiger charge is -2.35. The minimum atomic E-state index is -0.919. The third-order valence-corrected chi connectivity index (χ3v) is 7.06. The lowest BCUT2D eigenvalue weighted by molar-refractivity contribution is -0.129. The van der Waals surface area contributed by atoms with Crippen molar-refractivity contribution < 1.29 is 18.5 Å². The van der Waals surface area contributed by atoms with E-state index in [0.717, 1.165) is 24.3 Å². The minimum Gasteiger partial charge on any atom is -0.368 e. The molecule has 4 heterocycles. The predicted octanol–water partition coefficient (Wildman–Crippen LogP) is 3.44. The van der Waals surface area contributed by atoms with Gasteiger partial charge >= 0.3 is 0 Å². The standard InChI is InChI=1S/C26H26FN7O3/c1-15-3-4-17(24-30-26(37-31-24)19-13-21(19)27)11-22(15)29-25(36)20-14-28-34-6-5-18(12-23(20)34)33-9-7-32(8-10-33)16(2)35/h3-6,11-12,14,19,21H,7-10,13H2,1-2H3,(H,29,36)/t19-,21-/m0/s1. The summed E-state index contributed by atoms with van der Waals surface area (Å²) in [6.45, 7) is 6.27. The average Bonchev–Trinajstić information content (AvgIpc) is 3.28. The number of rotatable bonds is 5. The normalized spacial score (nSPS) is 19.3. The van der Waals surface area contributed by atoms with Crippen molar-refractivity contribution in [1.82, 2.24) is 24.7 Å². The molecule has 1 aliphatic carbocycles. The summed E-state index contributed by atoms with van der Waals surface area (Å²) in [5, 5.41) is 11.3. The summed E-state index contributed by atoms with van der Waals surface area (Å²) in [6, 6.07) is 9.40. The molecule has 190 valence electrons. The molecular formula is C26H26FN7O3. The van der Waals surface area contributed by atoms with Gasteiger partial charge in [0, 0.05) is 56.2 Å². The predicted molar refractivity (Wildman–Crippen MR) is 134 cm³/mol. The largest absolute Gasteiger partial charge is 0.368 e. The SMILES string of the molecule is CC(=O)N1CCN(c2ccn3ncc(C(=O)Nc4cc(-c5noc([C@H]6C[C@@H]6F)n5)ccc4C)c3c2)CC1. The Morgan fingerprint density at radius 1 is 1.14 bits per heavy atom. The number of carbonyl (C=O) groups excluding carboxylic acids is 2. The summed E-state index contributed by atoms with van der Waals surface area (Å²) in [7, 11) is 0. The number of nitrogens with one attached hydrogen (secondary N) is 1. The molecule has 0 radical (unpaired) electrons. The Hall–Kier alpha value is -4.28. The highest BCUT2D eigenvalue weighted by Crippen LogP contribution is 2.43. The van der Waals surface area contributed by atoms with Gasteiger partial charge in [0.25, 0.3) is 5.91 Å². The van der Waals surface area contributed by atoms with Gasteiger partial charge in [-0.15, -0.1) is 0 Å². The maximum atomic E-state index is 13.4. The molecule has 2 amide bonds. The van der Waals surface area contributed by atoms with Crippen LogP contribution in [0.15, 0.2) is 47.2 Å². The number of aromatic nitrogens is 4. The summed E-state index contributed by atoms with van der Waals surface area (Å²) in [6.07, 6.45) is 2.88. The van der Waals surface area contributed by atoms with Gasteiger partial charge in [0.15, 0.2) is 0 Å². The van der Waals surface area contributed by atoms with Crippen LogP contribution < -0.4 is 10.2 Å². The molecule has 3 aromatic heterocycles. The van der Waals surface area contributed by atoms with Gasteiger partial charge in [-0.2, -0.15) is 10.1 Å². The van der Waals surface area contributed by atoms with Crippen LogP contribution in [0, 0.1) is 6.92 Å². The molecule has 1 aromatic carbocycles. The molecule has 2 atom stereocenters. The van der Waals surface area contributed by atoms with Gasteiger partial charge in [-0.1, -0.05) is 17.3 Å². The van der Waals surface area contributed by atoms with Crippen molar-refractivity contribution in [1.29, 1.82) is 0 Å². The third-order valence-electron chi connectivity index (χ3n) is 7.06. The lowest BCUT2D eigenvalue weighted by Crippen LogP contribution is -2.48. The van der Waals surface area contributed by atoms with E-state index >= 15 is 0 Å². The molecule has 10 nitrogen and oxygen atoms in total. The number of anilines is 2. The van der Waals surface area contributed by atoms with E-state index in [1.54, 1.807) is 23.7 Å². The quantitative estimate of drug-likeness (QED) is 0.444. The zero-order valence-corrected chi connectivity index (χ0v) is 20.5. The summed E-state index contributed by atoms with van der Waals surface area (Å²) < 4.78 is 20.3. The van der Waals surface area contributed by atoms with Crippen LogP contribution >= 0.6 is 0 Å². The first-order chi connectivity index (χ1) is 17.9. The molecule has 1 aliphatic heterocycles. The van der Waals surface area contributed by atoms with Crippen molar-refractivity contribution in [3.63, 3.8) is 0 Å². The number of hydrogen-bond acceptors (Lipinski definition) is 7. The number of piperazine rings is 1. The van der Waals surface area contributed by atoms with Crippen LogP contribution in [0.3, 0.4) is 0 Å². The molecule has 1 N–H and O–H groups in total. The van der Waals surface area contributed by atoms with Crippen LogP contribution in [0.25, 0.3) is 16.9 Å². The van der Waals surface area contributed by atoms with Gasteiger partial charge in [0.2, 0.25) is 17.6 Å². The van der Waals surface area contributed by atoms with Gasteiger partial charge in [0.1, 0.15) is 6.17 Å². The first-order valence-corrected chi connectivity index (χ1v) is 12.3. The number of fused-ring (bicyclic) bond motifs is 1. The number of hydrogen-bond donors (Lipinski definition) is 1. The summed E-state index contributed by atoms with van der Waals surface area (Å²) >= 11 is 0. The van der Waals surface area contributed by atoms with Gasteiger partial charge < -0.3 is 19.6 Å². The molecule has 0 unspecified atom stereocenters. The van der Waals surface area contributed by atoms with E-state index in [9.17, 15) is 14.0 Å². The van der Waals surface area contributed by atoms with Crippen LogP contribution in [-0.4, -0.2) is 68.8 Å². The minimum absolute atomic E-state index is 0.0836. The van der Waals surface area contributed by atoms with Crippen LogP contribution in [0.1, 0.15) is 41.1 Å². The smallest absolute Gasteiger partial charge is 0.259 e. The fourth-order valence-corrected chi connectivity index (χ4v) is 4.63. The van der Waals surface area contributed by atoms with Gasteiger partial charge in [-0.05, 0) is 37.1 Å². The Bertz CT molecular complexity index is 1510. The Morgan fingerprint density at radius 3 is 2.65 bits per heavy atom.